The molecule has 0 aromatic heterocycles. The Balaban J connectivity index is 1.23. The number of likely N-dealkylation sites (tertiary alicyclic amines) is 1. The molecule has 1 saturated heterocycles. The van der Waals surface area contributed by atoms with Crippen molar-refractivity contribution < 1.29 is 23.9 Å². The van der Waals surface area contributed by atoms with Crippen LogP contribution in [-0.2, 0) is 31.0 Å². The molecule has 1 heterocycles. The summed E-state index contributed by atoms with van der Waals surface area (Å²) >= 11 is 0. The number of nitrogens with zero attached hydrogens (tertiary/aromatic N) is 1. The van der Waals surface area contributed by atoms with E-state index in [1.807, 2.05) is 24.3 Å². The van der Waals surface area contributed by atoms with E-state index in [-0.39, 0.29) is 23.8 Å². The lowest BCUT2D eigenvalue weighted by molar-refractivity contribution is -0.135. The Morgan fingerprint density at radius 1 is 0.886 bits per heavy atom. The van der Waals surface area contributed by atoms with Crippen molar-refractivity contribution in [2.75, 3.05) is 30.8 Å². The minimum absolute atomic E-state index is 0.202. The molecule has 228 valence electrons. The van der Waals surface area contributed by atoms with Crippen molar-refractivity contribution in [3.05, 3.63) is 71.8 Å². The molecule has 3 aliphatic rings. The zero-order valence-electron chi connectivity index (χ0n) is 25.0. The Hall–Kier alpha value is -4.66. The third-order valence-corrected chi connectivity index (χ3v) is 9.59. The molecule has 0 unspecified atom stereocenters. The molecule has 6 rings (SSSR count). The van der Waals surface area contributed by atoms with E-state index < -0.39 is 12.1 Å². The van der Waals surface area contributed by atoms with Crippen molar-refractivity contribution in [2.24, 2.45) is 0 Å². The van der Waals surface area contributed by atoms with Gasteiger partial charge in [-0.1, -0.05) is 49.2 Å². The van der Waals surface area contributed by atoms with Crippen LogP contribution in [0.25, 0.3) is 22.3 Å². The topological polar surface area (TPSA) is 117 Å². The number of fused-ring (bicyclic) bond motifs is 2. The number of amides is 4. The molecule has 1 saturated carbocycles. The summed E-state index contributed by atoms with van der Waals surface area (Å²) in [6.45, 7) is 0.264. The molecule has 9 heteroatoms. The zero-order chi connectivity index (χ0) is 30.7. The Bertz CT molecular complexity index is 1560. The van der Waals surface area contributed by atoms with Crippen LogP contribution in [0.2, 0.25) is 0 Å². The Morgan fingerprint density at radius 3 is 2.23 bits per heavy atom. The Morgan fingerprint density at radius 2 is 1.55 bits per heavy atom. The number of alkyl carbamates (subject to hydrolysis) is 1. The molecule has 9 nitrogen and oxygen atoms in total. The Kier molecular flexibility index (Phi) is 8.37. The van der Waals surface area contributed by atoms with E-state index in [0.29, 0.717) is 25.1 Å². The molecule has 3 N–H and O–H groups in total. The fraction of sp³-hybridized carbons (Fsp3) is 0.371. The molecular formula is C35H38N4O5. The monoisotopic (exact) mass is 594 g/mol. The van der Waals surface area contributed by atoms with Crippen LogP contribution >= 0.6 is 0 Å². The van der Waals surface area contributed by atoms with Gasteiger partial charge in [0.25, 0.3) is 0 Å². The van der Waals surface area contributed by atoms with Crippen molar-refractivity contribution >= 4 is 35.7 Å². The minimum Gasteiger partial charge on any atom is -0.453 e. The van der Waals surface area contributed by atoms with Crippen molar-refractivity contribution in [3.63, 3.8) is 0 Å². The number of hydrogen-bond donors (Lipinski definition) is 3. The molecular weight excluding hydrogens is 556 g/mol. The maximum absolute atomic E-state index is 13.2. The molecule has 2 fully saturated rings. The average Bonchev–Trinajstić information content (AvgIpc) is 3.82. The maximum atomic E-state index is 13.2. The molecule has 2 aliphatic carbocycles. The number of carbonyl (C=O) groups is 4. The second-order valence-corrected chi connectivity index (χ2v) is 12.0. The average molecular weight is 595 g/mol. The standard InChI is InChI=1S/C35H38N4O5/c1-44-34(43)36-21-31(41)39-20-4-5-30(39)33(42)38-26-12-8-24(9-13-26)28-15-14-27(23-6-10-25(11-7-23)37-22-40)29-16-19-35(32(28)29)17-2-3-18-35/h6-15,22,30H,2-5,16-21H2,1H3,(H,36,43)(H,37,40)(H,38,42)/t30-/m0/s1. The molecule has 0 bridgehead atoms. The van der Waals surface area contributed by atoms with Gasteiger partial charge in [0.2, 0.25) is 18.2 Å². The van der Waals surface area contributed by atoms with E-state index >= 15 is 0 Å². The Labute approximate surface area is 257 Å². The molecule has 1 spiro atoms. The lowest BCUT2D eigenvalue weighted by Gasteiger charge is -2.28. The van der Waals surface area contributed by atoms with Gasteiger partial charge in [-0.25, -0.2) is 4.79 Å². The van der Waals surface area contributed by atoms with Crippen LogP contribution in [0.1, 0.15) is 56.1 Å². The maximum Gasteiger partial charge on any atom is 0.407 e. The van der Waals surface area contributed by atoms with Crippen LogP contribution in [-0.4, -0.2) is 55.5 Å². The first-order valence-corrected chi connectivity index (χ1v) is 15.4. The van der Waals surface area contributed by atoms with Gasteiger partial charge in [-0.05, 0) is 102 Å². The van der Waals surface area contributed by atoms with Gasteiger partial charge in [0.15, 0.2) is 0 Å². The first kappa shape index (κ1) is 29.4. The van der Waals surface area contributed by atoms with Gasteiger partial charge >= 0.3 is 6.09 Å². The van der Waals surface area contributed by atoms with Crippen molar-refractivity contribution in [2.45, 2.75) is 62.8 Å². The van der Waals surface area contributed by atoms with Gasteiger partial charge in [-0.3, -0.25) is 14.4 Å². The number of ether oxygens (including phenoxy) is 1. The largest absolute Gasteiger partial charge is 0.453 e. The third kappa shape index (κ3) is 5.66. The van der Waals surface area contributed by atoms with Gasteiger partial charge < -0.3 is 25.6 Å². The van der Waals surface area contributed by atoms with Crippen LogP contribution in [0.15, 0.2) is 60.7 Å². The van der Waals surface area contributed by atoms with Crippen molar-refractivity contribution in [3.8, 4) is 22.3 Å². The lowest BCUT2D eigenvalue weighted by Crippen LogP contribution is -2.47. The van der Waals surface area contributed by atoms with E-state index in [2.05, 4.69) is 57.1 Å². The molecule has 1 atom stereocenters. The predicted octanol–water partition coefficient (Wildman–Crippen LogP) is 5.63. The summed E-state index contributed by atoms with van der Waals surface area (Å²) in [4.78, 5) is 49.6. The van der Waals surface area contributed by atoms with Crippen LogP contribution in [0.3, 0.4) is 0 Å². The second-order valence-electron chi connectivity index (χ2n) is 12.0. The van der Waals surface area contributed by atoms with E-state index in [1.165, 1.54) is 59.9 Å². The number of nitrogens with one attached hydrogen (secondary N) is 3. The summed E-state index contributed by atoms with van der Waals surface area (Å²) in [5, 5.41) is 8.11. The molecule has 44 heavy (non-hydrogen) atoms. The number of methoxy groups -OCH3 is 1. The van der Waals surface area contributed by atoms with E-state index in [4.69, 9.17) is 0 Å². The summed E-state index contributed by atoms with van der Waals surface area (Å²) in [7, 11) is 1.24. The second kappa shape index (κ2) is 12.5. The van der Waals surface area contributed by atoms with Gasteiger partial charge in [0, 0.05) is 17.9 Å². The summed E-state index contributed by atoms with van der Waals surface area (Å²) in [6, 6.07) is 19.9. The van der Waals surface area contributed by atoms with Gasteiger partial charge in [0.05, 0.1) is 7.11 Å². The van der Waals surface area contributed by atoms with Gasteiger partial charge in [-0.15, -0.1) is 0 Å². The van der Waals surface area contributed by atoms with Gasteiger partial charge in [0.1, 0.15) is 12.6 Å². The number of hydrogen-bond acceptors (Lipinski definition) is 5. The van der Waals surface area contributed by atoms with Crippen LogP contribution in [0.4, 0.5) is 16.2 Å². The lowest BCUT2D eigenvalue weighted by atomic mass is 9.76. The van der Waals surface area contributed by atoms with Crippen LogP contribution in [0, 0.1) is 0 Å². The van der Waals surface area contributed by atoms with Crippen molar-refractivity contribution in [1.82, 2.24) is 10.2 Å². The molecule has 0 radical (unpaired) electrons. The first-order valence-electron chi connectivity index (χ1n) is 15.4. The smallest absolute Gasteiger partial charge is 0.407 e. The highest BCUT2D eigenvalue weighted by Crippen LogP contribution is 2.55. The normalized spacial score (nSPS) is 18.1. The summed E-state index contributed by atoms with van der Waals surface area (Å²) in [5.41, 5.74) is 9.34. The van der Waals surface area contributed by atoms with Gasteiger partial charge in [-0.2, -0.15) is 0 Å². The predicted molar refractivity (Wildman–Crippen MR) is 169 cm³/mol. The fourth-order valence-electron chi connectivity index (χ4n) is 7.50. The summed E-state index contributed by atoms with van der Waals surface area (Å²) in [5.74, 6) is -0.540. The highest BCUT2D eigenvalue weighted by atomic mass is 16.5. The van der Waals surface area contributed by atoms with E-state index in [1.54, 1.807) is 0 Å². The highest BCUT2D eigenvalue weighted by molar-refractivity contribution is 5.98. The summed E-state index contributed by atoms with van der Waals surface area (Å²) in [6.07, 6.45) is 8.44. The number of carbonyl (C=O) groups excluding carboxylic acids is 4. The molecule has 1 aliphatic heterocycles. The molecule has 3 aromatic carbocycles. The SMILES string of the molecule is COC(=O)NCC(=O)N1CCC[C@H]1C(=O)Nc1ccc(-c2ccc(-c3ccc(NC=O)cc3)c3c2C2(CCCC2)CC3)cc1. The number of anilines is 2. The van der Waals surface area contributed by atoms with Crippen LogP contribution in [0.5, 0.6) is 0 Å². The van der Waals surface area contributed by atoms with Crippen LogP contribution < -0.4 is 16.0 Å². The summed E-state index contributed by atoms with van der Waals surface area (Å²) < 4.78 is 4.54. The highest BCUT2D eigenvalue weighted by Gasteiger charge is 2.43. The fourth-order valence-corrected chi connectivity index (χ4v) is 7.50. The number of rotatable bonds is 8. The molecule has 3 aromatic rings. The van der Waals surface area contributed by atoms with E-state index in [9.17, 15) is 19.2 Å². The third-order valence-electron chi connectivity index (χ3n) is 9.59. The van der Waals surface area contributed by atoms with Crippen molar-refractivity contribution in [1.29, 1.82) is 0 Å². The zero-order valence-corrected chi connectivity index (χ0v) is 25.0. The van der Waals surface area contributed by atoms with E-state index in [0.717, 1.165) is 36.1 Å². The quantitative estimate of drug-likeness (QED) is 0.292. The minimum atomic E-state index is -0.680. The number of benzene rings is 3. The molecule has 4 amide bonds. The first-order chi connectivity index (χ1) is 21.4.